The Kier molecular flexibility index (Phi) is 2.75. The number of aromatic nitrogens is 4. The van der Waals surface area contributed by atoms with Gasteiger partial charge < -0.3 is 0 Å². The van der Waals surface area contributed by atoms with E-state index in [1.54, 1.807) is 0 Å². The van der Waals surface area contributed by atoms with Crippen LogP contribution in [-0.4, -0.2) is 34.2 Å². The number of benzene rings is 1. The Labute approximate surface area is 113 Å². The lowest BCUT2D eigenvalue weighted by Gasteiger charge is -2.06. The first kappa shape index (κ1) is 12.7. The molecule has 0 saturated carbocycles. The Morgan fingerprint density at radius 3 is 2.75 bits per heavy atom. The number of fused-ring (bicyclic) bond motifs is 1. The predicted molar refractivity (Wildman–Crippen MR) is 69.7 cm³/mol. The maximum Gasteiger partial charge on any atom is 0.175 e. The third-order valence-corrected chi connectivity index (χ3v) is 3.93. The van der Waals surface area contributed by atoms with Gasteiger partial charge in [0.2, 0.25) is 0 Å². The Bertz CT molecular complexity index is 905. The summed E-state index contributed by atoms with van der Waals surface area (Å²) < 4.78 is 38.3. The van der Waals surface area contributed by atoms with Crippen molar-refractivity contribution in [1.29, 1.82) is 0 Å². The van der Waals surface area contributed by atoms with Gasteiger partial charge >= 0.3 is 0 Å². The zero-order chi connectivity index (χ0) is 14.3. The third kappa shape index (κ3) is 2.03. The molecule has 8 heteroatoms. The van der Waals surface area contributed by atoms with Gasteiger partial charge in [0.15, 0.2) is 15.5 Å². The summed E-state index contributed by atoms with van der Waals surface area (Å²) in [4.78, 5) is 11.9. The van der Waals surface area contributed by atoms with Crippen LogP contribution in [0.15, 0.2) is 41.9 Å². The van der Waals surface area contributed by atoms with Gasteiger partial charge in [-0.25, -0.2) is 27.8 Å². The molecule has 0 saturated heterocycles. The Morgan fingerprint density at radius 2 is 2.05 bits per heavy atom. The maximum atomic E-state index is 14.1. The lowest BCUT2D eigenvalue weighted by Crippen LogP contribution is -2.02. The quantitative estimate of drug-likeness (QED) is 0.712. The molecule has 0 radical (unpaired) electrons. The fourth-order valence-electron chi connectivity index (χ4n) is 1.86. The minimum absolute atomic E-state index is 0.0715. The van der Waals surface area contributed by atoms with Crippen molar-refractivity contribution >= 4 is 21.0 Å². The van der Waals surface area contributed by atoms with E-state index in [2.05, 4.69) is 15.0 Å². The molecule has 0 atom stereocenters. The molecule has 6 nitrogen and oxygen atoms in total. The van der Waals surface area contributed by atoms with E-state index in [1.807, 2.05) is 0 Å². The van der Waals surface area contributed by atoms with Gasteiger partial charge in [0.05, 0.1) is 16.8 Å². The van der Waals surface area contributed by atoms with Crippen LogP contribution in [0, 0.1) is 5.82 Å². The molecule has 0 aliphatic carbocycles. The molecule has 0 aliphatic heterocycles. The normalized spacial score (nSPS) is 11.9. The van der Waals surface area contributed by atoms with Gasteiger partial charge in [-0.05, 0) is 18.2 Å². The summed E-state index contributed by atoms with van der Waals surface area (Å²) in [5.41, 5.74) is 1.16. The molecular weight excluding hydrogens is 283 g/mol. The SMILES string of the molecule is CS(=O)(=O)c1ccc(-n2cnc3cncnc32)c(F)c1. The maximum absolute atomic E-state index is 14.1. The summed E-state index contributed by atoms with van der Waals surface area (Å²) in [5.74, 6) is -0.661. The summed E-state index contributed by atoms with van der Waals surface area (Å²) in [6, 6.07) is 3.72. The first-order chi connectivity index (χ1) is 9.47. The largest absolute Gasteiger partial charge is 0.280 e. The molecule has 0 unspecified atom stereocenters. The summed E-state index contributed by atoms with van der Waals surface area (Å²) in [5, 5.41) is 0. The van der Waals surface area contributed by atoms with Gasteiger partial charge in [0.1, 0.15) is 24.0 Å². The van der Waals surface area contributed by atoms with Gasteiger partial charge in [-0.15, -0.1) is 0 Å². The van der Waals surface area contributed by atoms with E-state index in [-0.39, 0.29) is 10.6 Å². The zero-order valence-corrected chi connectivity index (χ0v) is 11.2. The Balaban J connectivity index is 2.21. The molecule has 0 spiro atoms. The lowest BCUT2D eigenvalue weighted by atomic mass is 10.3. The highest BCUT2D eigenvalue weighted by atomic mass is 32.2. The average molecular weight is 292 g/mol. The minimum Gasteiger partial charge on any atom is -0.280 e. The Morgan fingerprint density at radius 1 is 1.25 bits per heavy atom. The molecule has 2 aromatic heterocycles. The van der Waals surface area contributed by atoms with E-state index in [0.29, 0.717) is 11.2 Å². The Hall–Kier alpha value is -2.35. The molecule has 102 valence electrons. The molecule has 0 amide bonds. The smallest absolute Gasteiger partial charge is 0.175 e. The van der Waals surface area contributed by atoms with Crippen molar-refractivity contribution in [2.24, 2.45) is 0 Å². The highest BCUT2D eigenvalue weighted by Gasteiger charge is 2.14. The lowest BCUT2D eigenvalue weighted by molar-refractivity contribution is 0.594. The molecule has 0 aliphatic rings. The van der Waals surface area contributed by atoms with Crippen LogP contribution in [-0.2, 0) is 9.84 Å². The fourth-order valence-corrected chi connectivity index (χ4v) is 2.49. The van der Waals surface area contributed by atoms with E-state index < -0.39 is 15.7 Å². The number of hydrogen-bond acceptors (Lipinski definition) is 5. The fraction of sp³-hybridized carbons (Fsp3) is 0.0833. The van der Waals surface area contributed by atoms with Gasteiger partial charge in [0, 0.05) is 6.26 Å². The second-order valence-electron chi connectivity index (χ2n) is 4.23. The van der Waals surface area contributed by atoms with Crippen molar-refractivity contribution in [2.75, 3.05) is 6.26 Å². The number of halogens is 1. The van der Waals surface area contributed by atoms with Gasteiger partial charge in [0.25, 0.3) is 0 Å². The monoisotopic (exact) mass is 292 g/mol. The summed E-state index contributed by atoms with van der Waals surface area (Å²) in [6.45, 7) is 0. The highest BCUT2D eigenvalue weighted by Crippen LogP contribution is 2.21. The van der Waals surface area contributed by atoms with E-state index in [9.17, 15) is 12.8 Å². The summed E-state index contributed by atoms with van der Waals surface area (Å²) in [6.07, 6.45) is 5.30. The number of hydrogen-bond donors (Lipinski definition) is 0. The third-order valence-electron chi connectivity index (χ3n) is 2.82. The van der Waals surface area contributed by atoms with E-state index in [1.165, 1.54) is 35.6 Å². The van der Waals surface area contributed by atoms with Crippen LogP contribution < -0.4 is 0 Å². The molecule has 2 heterocycles. The number of rotatable bonds is 2. The summed E-state index contributed by atoms with van der Waals surface area (Å²) >= 11 is 0. The van der Waals surface area contributed by atoms with Crippen molar-refractivity contribution < 1.29 is 12.8 Å². The zero-order valence-electron chi connectivity index (χ0n) is 10.4. The van der Waals surface area contributed by atoms with Crippen molar-refractivity contribution in [3.8, 4) is 5.69 Å². The van der Waals surface area contributed by atoms with Crippen LogP contribution in [0.3, 0.4) is 0 Å². The van der Waals surface area contributed by atoms with E-state index >= 15 is 0 Å². The van der Waals surface area contributed by atoms with Crippen LogP contribution in [0.1, 0.15) is 0 Å². The van der Waals surface area contributed by atoms with Crippen LogP contribution >= 0.6 is 0 Å². The van der Waals surface area contributed by atoms with Gasteiger partial charge in [-0.1, -0.05) is 0 Å². The molecule has 1 aromatic carbocycles. The molecule has 0 fully saturated rings. The molecule has 0 N–H and O–H groups in total. The van der Waals surface area contributed by atoms with Crippen LogP contribution in [0.5, 0.6) is 0 Å². The molecule has 3 rings (SSSR count). The number of sulfone groups is 1. The van der Waals surface area contributed by atoms with Crippen LogP contribution in [0.2, 0.25) is 0 Å². The van der Waals surface area contributed by atoms with Crippen LogP contribution in [0.4, 0.5) is 4.39 Å². The first-order valence-corrected chi connectivity index (χ1v) is 7.49. The van der Waals surface area contributed by atoms with Crippen LogP contribution in [0.25, 0.3) is 16.9 Å². The standard InChI is InChI=1S/C12H9FN4O2S/c1-20(18,19)8-2-3-11(9(13)4-8)17-7-16-10-5-14-6-15-12(10)17/h2-7H,1H3. The first-order valence-electron chi connectivity index (χ1n) is 5.60. The molecule has 20 heavy (non-hydrogen) atoms. The topological polar surface area (TPSA) is 77.7 Å². The summed E-state index contributed by atoms with van der Waals surface area (Å²) in [7, 11) is -3.44. The van der Waals surface area contributed by atoms with Crippen molar-refractivity contribution in [2.45, 2.75) is 4.90 Å². The second kappa shape index (κ2) is 4.34. The van der Waals surface area contributed by atoms with Gasteiger partial charge in [-0.2, -0.15) is 0 Å². The predicted octanol–water partition coefficient (Wildman–Crippen LogP) is 1.36. The molecule has 3 aromatic rings. The molecular formula is C12H9FN4O2S. The second-order valence-corrected chi connectivity index (χ2v) is 6.25. The molecule has 0 bridgehead atoms. The van der Waals surface area contributed by atoms with E-state index in [4.69, 9.17) is 0 Å². The van der Waals surface area contributed by atoms with E-state index in [0.717, 1.165) is 12.3 Å². The number of imidazole rings is 1. The van der Waals surface area contributed by atoms with Crippen molar-refractivity contribution in [1.82, 2.24) is 19.5 Å². The minimum atomic E-state index is -3.44. The van der Waals surface area contributed by atoms with Crippen molar-refractivity contribution in [3.63, 3.8) is 0 Å². The van der Waals surface area contributed by atoms with Crippen molar-refractivity contribution in [3.05, 3.63) is 42.9 Å². The number of nitrogens with zero attached hydrogens (tertiary/aromatic N) is 4. The average Bonchev–Trinajstić information content (AvgIpc) is 2.81. The van der Waals surface area contributed by atoms with Gasteiger partial charge in [-0.3, -0.25) is 4.57 Å². The highest BCUT2D eigenvalue weighted by molar-refractivity contribution is 7.90.